The average molecular weight is 222 g/mol. The van der Waals surface area contributed by atoms with Crippen LogP contribution in [0.15, 0.2) is 12.1 Å². The minimum atomic E-state index is 0.453. The second-order valence-electron chi connectivity index (χ2n) is 3.77. The molecule has 4 heteroatoms. The van der Waals surface area contributed by atoms with Gasteiger partial charge in [-0.15, -0.1) is 11.3 Å². The Morgan fingerprint density at radius 2 is 2.13 bits per heavy atom. The minimum Gasteiger partial charge on any atom is -0.495 e. The zero-order chi connectivity index (χ0) is 11.0. The Morgan fingerprint density at radius 3 is 2.73 bits per heavy atom. The van der Waals surface area contributed by atoms with E-state index < -0.39 is 0 Å². The lowest BCUT2D eigenvalue weighted by Crippen LogP contribution is -1.91. The van der Waals surface area contributed by atoms with Crippen LogP contribution in [0.2, 0.25) is 0 Å². The SMILES string of the molecule is COc1cc2nc(C(C)C)sc2cc1N. The summed E-state index contributed by atoms with van der Waals surface area (Å²) in [5, 5.41) is 1.14. The first-order chi connectivity index (χ1) is 7.11. The predicted octanol–water partition coefficient (Wildman–Crippen LogP) is 3.01. The fourth-order valence-electron chi connectivity index (χ4n) is 1.41. The minimum absolute atomic E-state index is 0.453. The number of rotatable bonds is 2. The van der Waals surface area contributed by atoms with Gasteiger partial charge in [0.15, 0.2) is 0 Å². The van der Waals surface area contributed by atoms with Gasteiger partial charge in [-0.1, -0.05) is 13.8 Å². The summed E-state index contributed by atoms with van der Waals surface area (Å²) in [6, 6.07) is 3.82. The third-order valence-corrected chi connectivity index (χ3v) is 3.57. The summed E-state index contributed by atoms with van der Waals surface area (Å²) >= 11 is 1.69. The molecule has 2 aromatic rings. The third-order valence-electron chi connectivity index (χ3n) is 2.25. The molecule has 1 heterocycles. The Bertz CT molecular complexity index is 491. The van der Waals surface area contributed by atoms with Crippen LogP contribution in [0.25, 0.3) is 10.2 Å². The molecule has 1 aromatic heterocycles. The molecule has 80 valence electrons. The Kier molecular flexibility index (Phi) is 2.52. The first kappa shape index (κ1) is 10.2. The van der Waals surface area contributed by atoms with Crippen molar-refractivity contribution in [1.29, 1.82) is 0 Å². The van der Waals surface area contributed by atoms with E-state index >= 15 is 0 Å². The molecule has 15 heavy (non-hydrogen) atoms. The molecule has 0 atom stereocenters. The topological polar surface area (TPSA) is 48.1 Å². The number of aromatic nitrogens is 1. The molecule has 0 aliphatic heterocycles. The molecule has 0 unspecified atom stereocenters. The van der Waals surface area contributed by atoms with Gasteiger partial charge in [-0.25, -0.2) is 4.98 Å². The van der Waals surface area contributed by atoms with Gasteiger partial charge in [0.05, 0.1) is 28.0 Å². The fourth-order valence-corrected chi connectivity index (χ4v) is 2.41. The average Bonchev–Trinajstić information content (AvgIpc) is 2.59. The largest absolute Gasteiger partial charge is 0.495 e. The molecule has 0 aliphatic carbocycles. The number of methoxy groups -OCH3 is 1. The molecule has 0 amide bonds. The number of thiazole rings is 1. The Hall–Kier alpha value is -1.29. The number of benzene rings is 1. The molecular formula is C11H14N2OS. The molecule has 2 rings (SSSR count). The van der Waals surface area contributed by atoms with Crippen molar-refractivity contribution >= 4 is 27.2 Å². The van der Waals surface area contributed by atoms with Crippen molar-refractivity contribution < 1.29 is 4.74 Å². The number of nitrogens with zero attached hydrogens (tertiary/aromatic N) is 1. The van der Waals surface area contributed by atoms with Crippen LogP contribution in [0.3, 0.4) is 0 Å². The summed E-state index contributed by atoms with van der Waals surface area (Å²) < 4.78 is 6.28. The van der Waals surface area contributed by atoms with Crippen molar-refractivity contribution in [3.63, 3.8) is 0 Å². The molecule has 0 spiro atoms. The Labute approximate surface area is 92.9 Å². The predicted molar refractivity (Wildman–Crippen MR) is 64.7 cm³/mol. The highest BCUT2D eigenvalue weighted by molar-refractivity contribution is 7.18. The third kappa shape index (κ3) is 1.77. The van der Waals surface area contributed by atoms with E-state index in [0.29, 0.717) is 17.4 Å². The Balaban J connectivity index is 2.61. The second-order valence-corrected chi connectivity index (χ2v) is 4.83. The van der Waals surface area contributed by atoms with Crippen LogP contribution in [-0.2, 0) is 0 Å². The summed E-state index contributed by atoms with van der Waals surface area (Å²) in [5.41, 5.74) is 7.47. The van der Waals surface area contributed by atoms with Gasteiger partial charge in [-0.05, 0) is 6.07 Å². The molecule has 1 aromatic carbocycles. The smallest absolute Gasteiger partial charge is 0.143 e. The van der Waals surface area contributed by atoms with Crippen molar-refractivity contribution in [1.82, 2.24) is 4.98 Å². The number of nitrogen functional groups attached to an aromatic ring is 1. The standard InChI is InChI=1S/C11H14N2OS/c1-6(2)11-13-8-5-9(14-3)7(12)4-10(8)15-11/h4-6H,12H2,1-3H3. The van der Waals surface area contributed by atoms with Crippen LogP contribution in [0.5, 0.6) is 5.75 Å². The summed E-state index contributed by atoms with van der Waals surface area (Å²) in [5.74, 6) is 1.15. The number of anilines is 1. The van der Waals surface area contributed by atoms with Crippen LogP contribution in [-0.4, -0.2) is 12.1 Å². The number of fused-ring (bicyclic) bond motifs is 1. The van der Waals surface area contributed by atoms with E-state index in [2.05, 4.69) is 18.8 Å². The van der Waals surface area contributed by atoms with E-state index in [-0.39, 0.29) is 0 Å². The van der Waals surface area contributed by atoms with Gasteiger partial charge in [-0.2, -0.15) is 0 Å². The van der Waals surface area contributed by atoms with Crippen molar-refractivity contribution in [2.24, 2.45) is 0 Å². The lowest BCUT2D eigenvalue weighted by Gasteiger charge is -2.02. The van der Waals surface area contributed by atoms with E-state index in [1.54, 1.807) is 18.4 Å². The van der Waals surface area contributed by atoms with Gasteiger partial charge in [0.1, 0.15) is 5.75 Å². The Morgan fingerprint density at radius 1 is 1.40 bits per heavy atom. The van der Waals surface area contributed by atoms with Gasteiger partial charge < -0.3 is 10.5 Å². The maximum absolute atomic E-state index is 5.84. The summed E-state index contributed by atoms with van der Waals surface area (Å²) in [6.45, 7) is 4.27. The zero-order valence-corrected chi connectivity index (χ0v) is 9.89. The number of ether oxygens (including phenoxy) is 1. The van der Waals surface area contributed by atoms with E-state index in [0.717, 1.165) is 15.2 Å². The summed E-state index contributed by atoms with van der Waals surface area (Å²) in [6.07, 6.45) is 0. The van der Waals surface area contributed by atoms with Crippen molar-refractivity contribution in [2.45, 2.75) is 19.8 Å². The van der Waals surface area contributed by atoms with Crippen molar-refractivity contribution in [3.05, 3.63) is 17.1 Å². The second kappa shape index (κ2) is 3.70. The molecule has 0 bridgehead atoms. The van der Waals surface area contributed by atoms with E-state index in [1.165, 1.54) is 0 Å². The highest BCUT2D eigenvalue weighted by Crippen LogP contribution is 2.33. The first-order valence-electron chi connectivity index (χ1n) is 4.85. The van der Waals surface area contributed by atoms with Crippen molar-refractivity contribution in [2.75, 3.05) is 12.8 Å². The van der Waals surface area contributed by atoms with E-state index in [4.69, 9.17) is 10.5 Å². The van der Waals surface area contributed by atoms with Crippen LogP contribution in [0.1, 0.15) is 24.8 Å². The quantitative estimate of drug-likeness (QED) is 0.794. The van der Waals surface area contributed by atoms with Gasteiger partial charge in [0.2, 0.25) is 0 Å². The lowest BCUT2D eigenvalue weighted by atomic mass is 10.2. The number of hydrogen-bond acceptors (Lipinski definition) is 4. The first-order valence-corrected chi connectivity index (χ1v) is 5.67. The van der Waals surface area contributed by atoms with Crippen LogP contribution in [0, 0.1) is 0 Å². The molecule has 0 aliphatic rings. The summed E-state index contributed by atoms with van der Waals surface area (Å²) in [7, 11) is 1.62. The number of hydrogen-bond donors (Lipinski definition) is 1. The molecule has 0 saturated carbocycles. The zero-order valence-electron chi connectivity index (χ0n) is 9.07. The highest BCUT2D eigenvalue weighted by Gasteiger charge is 2.10. The summed E-state index contributed by atoms with van der Waals surface area (Å²) in [4.78, 5) is 4.54. The normalized spacial score (nSPS) is 11.2. The maximum Gasteiger partial charge on any atom is 0.143 e. The molecule has 2 N–H and O–H groups in total. The fraction of sp³-hybridized carbons (Fsp3) is 0.364. The molecule has 0 radical (unpaired) electrons. The van der Waals surface area contributed by atoms with Gasteiger partial charge in [0, 0.05) is 12.0 Å². The van der Waals surface area contributed by atoms with Gasteiger partial charge >= 0.3 is 0 Å². The lowest BCUT2D eigenvalue weighted by molar-refractivity contribution is 0.417. The van der Waals surface area contributed by atoms with Crippen LogP contribution < -0.4 is 10.5 Å². The molecule has 0 fully saturated rings. The molecule has 0 saturated heterocycles. The molecular weight excluding hydrogens is 208 g/mol. The maximum atomic E-state index is 5.84. The van der Waals surface area contributed by atoms with Crippen LogP contribution in [0.4, 0.5) is 5.69 Å². The van der Waals surface area contributed by atoms with Gasteiger partial charge in [-0.3, -0.25) is 0 Å². The molecule has 3 nitrogen and oxygen atoms in total. The van der Waals surface area contributed by atoms with E-state index in [1.807, 2.05) is 12.1 Å². The number of nitrogens with two attached hydrogens (primary N) is 1. The van der Waals surface area contributed by atoms with E-state index in [9.17, 15) is 0 Å². The van der Waals surface area contributed by atoms with Crippen molar-refractivity contribution in [3.8, 4) is 5.75 Å². The van der Waals surface area contributed by atoms with Crippen LogP contribution >= 0.6 is 11.3 Å². The van der Waals surface area contributed by atoms with Gasteiger partial charge in [0.25, 0.3) is 0 Å². The highest BCUT2D eigenvalue weighted by atomic mass is 32.1. The monoisotopic (exact) mass is 222 g/mol.